The van der Waals surface area contributed by atoms with Crippen LogP contribution in [-0.4, -0.2) is 55.8 Å². The molecule has 0 spiro atoms. The molecule has 1 aromatic carbocycles. The van der Waals surface area contributed by atoms with Gasteiger partial charge < -0.3 is 20.5 Å². The summed E-state index contributed by atoms with van der Waals surface area (Å²) in [6, 6.07) is 5.49. The number of carbonyl (C=O) groups is 2. The van der Waals surface area contributed by atoms with E-state index in [9.17, 15) is 23.1 Å². The summed E-state index contributed by atoms with van der Waals surface area (Å²) in [6.07, 6.45) is 1.46. The first-order valence-corrected chi connectivity index (χ1v) is 12.0. The summed E-state index contributed by atoms with van der Waals surface area (Å²) in [4.78, 5) is 27.7. The number of rotatable bonds is 9. The molecule has 1 aliphatic rings. The average Bonchev–Trinajstić information content (AvgIpc) is 3.46. The van der Waals surface area contributed by atoms with Gasteiger partial charge in [-0.2, -0.15) is 0 Å². The monoisotopic (exact) mass is 468 g/mol. The van der Waals surface area contributed by atoms with E-state index in [0.29, 0.717) is 6.42 Å². The fraction of sp³-hybridized carbons (Fsp3) is 0.571. The zero-order valence-corrected chi connectivity index (χ0v) is 19.7. The van der Waals surface area contributed by atoms with Crippen LogP contribution in [0.4, 0.5) is 4.79 Å². The number of hydrogen-bond donors (Lipinski definition) is 4. The molecule has 1 aromatic rings. The lowest BCUT2D eigenvalue weighted by atomic mass is 10.1. The van der Waals surface area contributed by atoms with Gasteiger partial charge in [0.05, 0.1) is 4.90 Å². The Balaban J connectivity index is 1.96. The second-order valence-electron chi connectivity index (χ2n) is 8.75. The maximum absolute atomic E-state index is 12.7. The van der Waals surface area contributed by atoms with Crippen molar-refractivity contribution in [3.63, 3.8) is 0 Å². The maximum Gasteiger partial charge on any atom is 0.408 e. The highest BCUT2D eigenvalue weighted by atomic mass is 32.2. The number of guanidine groups is 1. The first-order valence-electron chi connectivity index (χ1n) is 10.5. The zero-order valence-electron chi connectivity index (χ0n) is 18.8. The summed E-state index contributed by atoms with van der Waals surface area (Å²) in [6.45, 7) is 7.09. The fourth-order valence-electron chi connectivity index (χ4n) is 2.63. The molecule has 0 aliphatic heterocycles. The lowest BCUT2D eigenvalue weighted by molar-refractivity contribution is -0.139. The van der Waals surface area contributed by atoms with Gasteiger partial charge in [0.25, 0.3) is 10.0 Å². The number of nitrogens with one attached hydrogen (secondary N) is 3. The molecule has 178 valence electrons. The molecule has 10 nitrogen and oxygen atoms in total. The second-order valence-corrected chi connectivity index (χ2v) is 10.4. The Morgan fingerprint density at radius 2 is 1.84 bits per heavy atom. The third-order valence-corrected chi connectivity index (χ3v) is 5.75. The van der Waals surface area contributed by atoms with E-state index in [0.717, 1.165) is 18.4 Å². The van der Waals surface area contributed by atoms with Crippen molar-refractivity contribution >= 4 is 28.0 Å². The number of aliphatic carboxylic acids is 1. The summed E-state index contributed by atoms with van der Waals surface area (Å²) >= 11 is 0. The Bertz CT molecular complexity index is 934. The van der Waals surface area contributed by atoms with E-state index in [4.69, 9.17) is 4.74 Å². The fourth-order valence-corrected chi connectivity index (χ4v) is 3.62. The van der Waals surface area contributed by atoms with Gasteiger partial charge in [-0.3, -0.25) is 4.99 Å². The standard InChI is InChI=1S/C21H32N4O6S/c1-14-7-11-16(12-8-14)32(29,30)25-19(23-15-9-10-15)22-13-5-6-17(18(26)27)24-20(28)31-21(2,3)4/h7-8,11-12,15,17H,5-6,9-10,13H2,1-4H3,(H,24,28)(H,26,27)(H2,22,23,25)/t17-/m0/s1. The predicted octanol–water partition coefficient (Wildman–Crippen LogP) is 2.14. The lowest BCUT2D eigenvalue weighted by Gasteiger charge is -2.21. The third-order valence-electron chi connectivity index (χ3n) is 4.39. The van der Waals surface area contributed by atoms with Gasteiger partial charge in [-0.1, -0.05) is 17.7 Å². The first kappa shape index (κ1) is 25.4. The van der Waals surface area contributed by atoms with Crippen molar-refractivity contribution in [2.75, 3.05) is 6.54 Å². The number of aryl methyl sites for hydroxylation is 1. The molecule has 0 saturated heterocycles. The molecule has 1 amide bonds. The molecule has 0 unspecified atom stereocenters. The summed E-state index contributed by atoms with van der Waals surface area (Å²) in [7, 11) is -3.81. The largest absolute Gasteiger partial charge is 0.480 e. The van der Waals surface area contributed by atoms with Crippen molar-refractivity contribution in [1.82, 2.24) is 15.4 Å². The number of carboxylic acids is 1. The minimum atomic E-state index is -3.81. The van der Waals surface area contributed by atoms with E-state index in [-0.39, 0.29) is 29.9 Å². The smallest absolute Gasteiger partial charge is 0.408 e. The number of hydrogen-bond acceptors (Lipinski definition) is 6. The number of benzene rings is 1. The molecule has 2 rings (SSSR count). The number of alkyl carbamates (subject to hydrolysis) is 1. The van der Waals surface area contributed by atoms with Crippen LogP contribution in [0.25, 0.3) is 0 Å². The molecule has 0 aromatic heterocycles. The van der Waals surface area contributed by atoms with Gasteiger partial charge >= 0.3 is 12.1 Å². The van der Waals surface area contributed by atoms with Crippen molar-refractivity contribution in [2.45, 2.75) is 76.0 Å². The van der Waals surface area contributed by atoms with Crippen molar-refractivity contribution in [3.05, 3.63) is 29.8 Å². The molecule has 4 N–H and O–H groups in total. The van der Waals surface area contributed by atoms with Crippen molar-refractivity contribution in [1.29, 1.82) is 0 Å². The number of amides is 1. The van der Waals surface area contributed by atoms with Crippen molar-refractivity contribution in [2.24, 2.45) is 4.99 Å². The minimum absolute atomic E-state index is 0.111. The quantitative estimate of drug-likeness (QED) is 0.247. The highest BCUT2D eigenvalue weighted by molar-refractivity contribution is 7.90. The third kappa shape index (κ3) is 9.13. The highest BCUT2D eigenvalue weighted by Crippen LogP contribution is 2.19. The molecule has 11 heteroatoms. The first-order chi connectivity index (χ1) is 14.9. The van der Waals surface area contributed by atoms with Crippen LogP contribution in [0.5, 0.6) is 0 Å². The predicted molar refractivity (Wildman–Crippen MR) is 120 cm³/mol. The lowest BCUT2D eigenvalue weighted by Crippen LogP contribution is -2.43. The topological polar surface area (TPSA) is 146 Å². The molecular formula is C21H32N4O6S. The van der Waals surface area contributed by atoms with Crippen molar-refractivity contribution in [3.8, 4) is 0 Å². The number of carboxylic acid groups (broad SMARTS) is 1. The molecule has 0 heterocycles. The second kappa shape index (κ2) is 10.7. The summed E-state index contributed by atoms with van der Waals surface area (Å²) < 4.78 is 32.9. The van der Waals surface area contributed by atoms with Crippen LogP contribution in [0.1, 0.15) is 52.0 Å². The van der Waals surface area contributed by atoms with Crippen LogP contribution in [-0.2, 0) is 19.6 Å². The van der Waals surface area contributed by atoms with E-state index >= 15 is 0 Å². The number of nitrogens with zero attached hydrogens (tertiary/aromatic N) is 1. The van der Waals surface area contributed by atoms with E-state index < -0.39 is 33.7 Å². The highest BCUT2D eigenvalue weighted by Gasteiger charge is 2.26. The molecule has 32 heavy (non-hydrogen) atoms. The van der Waals surface area contributed by atoms with Crippen LogP contribution in [0.3, 0.4) is 0 Å². The van der Waals surface area contributed by atoms with Gasteiger partial charge in [0, 0.05) is 12.6 Å². The minimum Gasteiger partial charge on any atom is -0.480 e. The normalized spacial score (nSPS) is 15.6. The van der Waals surface area contributed by atoms with Gasteiger partial charge in [-0.15, -0.1) is 0 Å². The van der Waals surface area contributed by atoms with E-state index in [1.165, 1.54) is 12.1 Å². The SMILES string of the molecule is Cc1ccc(S(=O)(=O)NC(=NCCC[C@H](NC(=O)OC(C)(C)C)C(=O)O)NC2CC2)cc1. The molecule has 1 aliphatic carbocycles. The Morgan fingerprint density at radius 3 is 2.38 bits per heavy atom. The molecule has 1 fully saturated rings. The molecule has 0 bridgehead atoms. The van der Waals surface area contributed by atoms with Crippen LogP contribution < -0.4 is 15.4 Å². The average molecular weight is 469 g/mol. The Hall–Kier alpha value is -2.82. The Morgan fingerprint density at radius 1 is 1.22 bits per heavy atom. The number of sulfonamides is 1. The van der Waals surface area contributed by atoms with E-state index in [1.807, 2.05) is 6.92 Å². The molecule has 1 atom stereocenters. The Labute approximate surface area is 188 Å². The van der Waals surface area contributed by atoms with Crippen LogP contribution in [0.15, 0.2) is 34.2 Å². The Kier molecular flexibility index (Phi) is 8.48. The summed E-state index contributed by atoms with van der Waals surface area (Å²) in [5.74, 6) is -1.06. The van der Waals surface area contributed by atoms with Gasteiger partial charge in [-0.05, 0) is 65.5 Å². The molecular weight excluding hydrogens is 436 g/mol. The van der Waals surface area contributed by atoms with Gasteiger partial charge in [-0.25, -0.2) is 22.7 Å². The van der Waals surface area contributed by atoms with Crippen molar-refractivity contribution < 1.29 is 27.9 Å². The summed E-state index contributed by atoms with van der Waals surface area (Å²) in [5.41, 5.74) is 0.206. The molecule has 0 radical (unpaired) electrons. The number of aliphatic imine (C=N–C) groups is 1. The van der Waals surface area contributed by atoms with Gasteiger partial charge in [0.1, 0.15) is 11.6 Å². The zero-order chi connectivity index (χ0) is 23.9. The summed E-state index contributed by atoms with van der Waals surface area (Å²) in [5, 5.41) is 14.7. The number of ether oxygens (including phenoxy) is 1. The number of carbonyl (C=O) groups excluding carboxylic acids is 1. The van der Waals surface area contributed by atoms with Crippen LogP contribution >= 0.6 is 0 Å². The van der Waals surface area contributed by atoms with Gasteiger partial charge in [0.2, 0.25) is 5.96 Å². The molecule has 1 saturated carbocycles. The van der Waals surface area contributed by atoms with Crippen LogP contribution in [0, 0.1) is 6.92 Å². The van der Waals surface area contributed by atoms with E-state index in [2.05, 4.69) is 20.3 Å². The van der Waals surface area contributed by atoms with Gasteiger partial charge in [0.15, 0.2) is 0 Å². The van der Waals surface area contributed by atoms with E-state index in [1.54, 1.807) is 32.9 Å². The maximum atomic E-state index is 12.7. The van der Waals surface area contributed by atoms with Crippen LogP contribution in [0.2, 0.25) is 0 Å².